The molecule has 1 rings (SSSR count). The molecule has 0 spiro atoms. The Hall–Kier alpha value is -1.63. The summed E-state index contributed by atoms with van der Waals surface area (Å²) in [5.74, 6) is 5.86. The van der Waals surface area contributed by atoms with Crippen molar-refractivity contribution in [2.45, 2.75) is 6.42 Å². The second-order valence-electron chi connectivity index (χ2n) is 2.74. The van der Waals surface area contributed by atoms with Gasteiger partial charge >= 0.3 is 0 Å². The van der Waals surface area contributed by atoms with E-state index in [1.54, 1.807) is 6.07 Å². The number of azide groups is 1. The van der Waals surface area contributed by atoms with E-state index in [1.807, 2.05) is 12.1 Å². The van der Waals surface area contributed by atoms with Gasteiger partial charge in [-0.2, -0.15) is 0 Å². The lowest BCUT2D eigenvalue weighted by Crippen LogP contribution is -1.86. The number of anilines is 1. The molecule has 4 nitrogen and oxygen atoms in total. The van der Waals surface area contributed by atoms with E-state index in [1.165, 1.54) is 0 Å². The molecule has 0 amide bonds. The zero-order valence-corrected chi connectivity index (χ0v) is 9.53. The highest BCUT2D eigenvalue weighted by atomic mass is 79.9. The summed E-state index contributed by atoms with van der Waals surface area (Å²) in [5, 5.41) is 3.38. The Morgan fingerprint density at radius 1 is 1.53 bits per heavy atom. The van der Waals surface area contributed by atoms with E-state index >= 15 is 0 Å². The minimum Gasteiger partial charge on any atom is -0.398 e. The molecule has 0 radical (unpaired) electrons. The number of hydrogen-bond donors (Lipinski definition) is 1. The van der Waals surface area contributed by atoms with E-state index in [0.29, 0.717) is 18.7 Å². The summed E-state index contributed by atoms with van der Waals surface area (Å²) in [6, 6.07) is 5.50. The normalized spacial score (nSPS) is 8.60. The van der Waals surface area contributed by atoms with Gasteiger partial charge in [0.1, 0.15) is 0 Å². The molecule has 0 aliphatic heterocycles. The summed E-state index contributed by atoms with van der Waals surface area (Å²) in [7, 11) is 0. The molecule has 0 saturated heterocycles. The Morgan fingerprint density at radius 2 is 2.33 bits per heavy atom. The van der Waals surface area contributed by atoms with Crippen molar-refractivity contribution >= 4 is 21.6 Å². The minimum absolute atomic E-state index is 0.402. The number of nitrogens with two attached hydrogens (primary N) is 1. The highest BCUT2D eigenvalue weighted by Gasteiger charge is 1.94. The fraction of sp³-hybridized carbons (Fsp3) is 0.200. The molecule has 15 heavy (non-hydrogen) atoms. The predicted octanol–water partition coefficient (Wildman–Crippen LogP) is 3.08. The average Bonchev–Trinajstić information content (AvgIpc) is 2.23. The molecule has 0 unspecified atom stereocenters. The number of rotatable bonds is 2. The first-order valence-corrected chi connectivity index (χ1v) is 5.08. The Labute approximate surface area is 96.2 Å². The fourth-order valence-electron chi connectivity index (χ4n) is 0.920. The van der Waals surface area contributed by atoms with Crippen molar-refractivity contribution in [1.29, 1.82) is 0 Å². The number of nitrogens with zero attached hydrogens (tertiary/aromatic N) is 3. The van der Waals surface area contributed by atoms with Crippen LogP contribution in [0.15, 0.2) is 27.8 Å². The zero-order chi connectivity index (χ0) is 11.1. The second kappa shape index (κ2) is 5.97. The average molecular weight is 265 g/mol. The van der Waals surface area contributed by atoms with Crippen molar-refractivity contribution in [3.05, 3.63) is 38.7 Å². The van der Waals surface area contributed by atoms with Gasteiger partial charge in [-0.25, -0.2) is 0 Å². The van der Waals surface area contributed by atoms with Crippen LogP contribution in [0.25, 0.3) is 10.4 Å². The molecule has 0 aliphatic carbocycles. The molecule has 0 atom stereocenters. The SMILES string of the molecule is [N-]=[N+]=NCCC#Cc1ccc(N)c(Br)c1. The van der Waals surface area contributed by atoms with Gasteiger partial charge in [-0.05, 0) is 39.7 Å². The van der Waals surface area contributed by atoms with Crippen LogP contribution in [-0.4, -0.2) is 6.54 Å². The van der Waals surface area contributed by atoms with Crippen molar-refractivity contribution in [3.8, 4) is 11.8 Å². The van der Waals surface area contributed by atoms with E-state index in [9.17, 15) is 0 Å². The number of nitrogen functional groups attached to an aromatic ring is 1. The Balaban J connectivity index is 2.64. The first kappa shape index (κ1) is 11.4. The standard InChI is InChI=1S/C10H9BrN4/c11-9-7-8(4-5-10(9)12)3-1-2-6-14-15-13/h4-5,7H,2,6,12H2. The molecule has 0 bridgehead atoms. The third-order valence-corrected chi connectivity index (χ3v) is 2.32. The maximum Gasteiger partial charge on any atom is 0.0459 e. The van der Waals surface area contributed by atoms with Crippen molar-refractivity contribution in [2.24, 2.45) is 5.11 Å². The molecular formula is C10H9BrN4. The van der Waals surface area contributed by atoms with Crippen LogP contribution in [0.2, 0.25) is 0 Å². The predicted molar refractivity (Wildman–Crippen MR) is 64.1 cm³/mol. The second-order valence-corrected chi connectivity index (χ2v) is 3.60. The van der Waals surface area contributed by atoms with Crippen LogP contribution in [0, 0.1) is 11.8 Å². The minimum atomic E-state index is 0.402. The lowest BCUT2D eigenvalue weighted by Gasteiger charge is -1.96. The first-order chi connectivity index (χ1) is 7.24. The van der Waals surface area contributed by atoms with Crippen molar-refractivity contribution in [2.75, 3.05) is 12.3 Å². The van der Waals surface area contributed by atoms with Crippen LogP contribution >= 0.6 is 15.9 Å². The monoisotopic (exact) mass is 264 g/mol. The topological polar surface area (TPSA) is 74.8 Å². The van der Waals surface area contributed by atoms with Crippen LogP contribution in [0.1, 0.15) is 12.0 Å². The van der Waals surface area contributed by atoms with E-state index in [2.05, 4.69) is 37.8 Å². The van der Waals surface area contributed by atoms with Crippen molar-refractivity contribution in [1.82, 2.24) is 0 Å². The van der Waals surface area contributed by atoms with Gasteiger partial charge in [0.15, 0.2) is 0 Å². The summed E-state index contributed by atoms with van der Waals surface area (Å²) in [4.78, 5) is 2.64. The van der Waals surface area contributed by atoms with Gasteiger partial charge in [0.05, 0.1) is 0 Å². The zero-order valence-electron chi connectivity index (χ0n) is 7.94. The Morgan fingerprint density at radius 3 is 3.00 bits per heavy atom. The van der Waals surface area contributed by atoms with E-state index in [4.69, 9.17) is 11.3 Å². The van der Waals surface area contributed by atoms with Gasteiger partial charge < -0.3 is 5.73 Å². The summed E-state index contributed by atoms with van der Waals surface area (Å²) in [6.07, 6.45) is 0.562. The smallest absolute Gasteiger partial charge is 0.0459 e. The van der Waals surface area contributed by atoms with Crippen LogP contribution in [0.4, 0.5) is 5.69 Å². The van der Waals surface area contributed by atoms with Gasteiger partial charge in [0, 0.05) is 33.6 Å². The van der Waals surface area contributed by atoms with E-state index < -0.39 is 0 Å². The number of halogens is 1. The Kier molecular flexibility index (Phi) is 4.55. The van der Waals surface area contributed by atoms with Gasteiger partial charge in [0.2, 0.25) is 0 Å². The summed E-state index contributed by atoms with van der Waals surface area (Å²) >= 11 is 3.32. The Bertz CT molecular complexity index is 452. The molecule has 2 N–H and O–H groups in total. The molecule has 1 aromatic carbocycles. The van der Waals surface area contributed by atoms with Gasteiger partial charge in [-0.15, -0.1) is 0 Å². The maximum atomic E-state index is 8.04. The molecule has 76 valence electrons. The fourth-order valence-corrected chi connectivity index (χ4v) is 1.30. The quantitative estimate of drug-likeness (QED) is 0.219. The van der Waals surface area contributed by atoms with Crippen LogP contribution in [0.3, 0.4) is 0 Å². The van der Waals surface area contributed by atoms with Crippen molar-refractivity contribution < 1.29 is 0 Å². The third-order valence-electron chi connectivity index (χ3n) is 1.63. The molecular weight excluding hydrogens is 256 g/mol. The highest BCUT2D eigenvalue weighted by Crippen LogP contribution is 2.19. The third kappa shape index (κ3) is 3.94. The van der Waals surface area contributed by atoms with Crippen LogP contribution < -0.4 is 5.73 Å². The summed E-state index contributed by atoms with van der Waals surface area (Å²) in [5.41, 5.74) is 15.2. The number of hydrogen-bond acceptors (Lipinski definition) is 2. The lowest BCUT2D eigenvalue weighted by molar-refractivity contribution is 1.01. The largest absolute Gasteiger partial charge is 0.398 e. The lowest BCUT2D eigenvalue weighted by atomic mass is 10.2. The molecule has 1 aromatic rings. The highest BCUT2D eigenvalue weighted by molar-refractivity contribution is 9.10. The van der Waals surface area contributed by atoms with E-state index in [-0.39, 0.29) is 0 Å². The summed E-state index contributed by atoms with van der Waals surface area (Å²) < 4.78 is 0.837. The maximum absolute atomic E-state index is 8.04. The molecule has 0 aliphatic rings. The molecule has 0 heterocycles. The van der Waals surface area contributed by atoms with Gasteiger partial charge in [0.25, 0.3) is 0 Å². The van der Waals surface area contributed by atoms with E-state index in [0.717, 1.165) is 10.0 Å². The van der Waals surface area contributed by atoms with Gasteiger partial charge in [-0.3, -0.25) is 0 Å². The number of benzene rings is 1. The molecule has 0 saturated carbocycles. The van der Waals surface area contributed by atoms with Crippen LogP contribution in [0.5, 0.6) is 0 Å². The van der Waals surface area contributed by atoms with Crippen molar-refractivity contribution in [3.63, 3.8) is 0 Å². The molecule has 0 fully saturated rings. The molecule has 5 heteroatoms. The first-order valence-electron chi connectivity index (χ1n) is 4.29. The van der Waals surface area contributed by atoms with Gasteiger partial charge in [-0.1, -0.05) is 17.0 Å². The molecule has 0 aromatic heterocycles. The summed E-state index contributed by atoms with van der Waals surface area (Å²) in [6.45, 7) is 0.402. The van der Waals surface area contributed by atoms with Crippen LogP contribution in [-0.2, 0) is 0 Å².